The summed E-state index contributed by atoms with van der Waals surface area (Å²) < 4.78 is 5.52. The molecule has 2 unspecified atom stereocenters. The van der Waals surface area contributed by atoms with Crippen LogP contribution in [0.4, 0.5) is 0 Å². The molecule has 0 bridgehead atoms. The highest BCUT2D eigenvalue weighted by Crippen LogP contribution is 2.26. The Morgan fingerprint density at radius 1 is 1.13 bits per heavy atom. The zero-order chi connectivity index (χ0) is 10.9. The van der Waals surface area contributed by atoms with Crippen LogP contribution >= 0.6 is 15.9 Å². The molecule has 1 saturated heterocycles. The fourth-order valence-electron chi connectivity index (χ4n) is 2.22. The first-order valence-corrected chi connectivity index (χ1v) is 7.48. The van der Waals surface area contributed by atoms with Gasteiger partial charge in [-0.1, -0.05) is 61.4 Å². The maximum absolute atomic E-state index is 5.52. The Bertz CT molecular complexity index is 149. The van der Waals surface area contributed by atoms with Gasteiger partial charge in [-0.2, -0.15) is 0 Å². The molecule has 1 rings (SSSR count). The Kier molecular flexibility index (Phi) is 7.72. The summed E-state index contributed by atoms with van der Waals surface area (Å²) in [6.45, 7) is 4.20. The summed E-state index contributed by atoms with van der Waals surface area (Å²) in [6.07, 6.45) is 11.0. The van der Waals surface area contributed by atoms with Crippen LogP contribution in [-0.2, 0) is 4.74 Å². The van der Waals surface area contributed by atoms with Crippen molar-refractivity contribution in [3.05, 3.63) is 0 Å². The topological polar surface area (TPSA) is 9.23 Å². The van der Waals surface area contributed by atoms with E-state index in [1.807, 2.05) is 0 Å². The van der Waals surface area contributed by atoms with Gasteiger partial charge in [0.15, 0.2) is 0 Å². The van der Waals surface area contributed by atoms with E-state index >= 15 is 0 Å². The van der Waals surface area contributed by atoms with E-state index in [0.717, 1.165) is 19.1 Å². The van der Waals surface area contributed by atoms with E-state index < -0.39 is 0 Å². The number of rotatable bonds is 7. The minimum Gasteiger partial charge on any atom is -0.381 e. The standard InChI is InChI=1S/C13H25BrO/c1-2-3-4-5-6-7-8-12-11-15-10-9-13(12)14/h12-13H,2-11H2,1H3. The van der Waals surface area contributed by atoms with Gasteiger partial charge in [-0.3, -0.25) is 0 Å². The zero-order valence-electron chi connectivity index (χ0n) is 10.0. The molecule has 2 atom stereocenters. The molecule has 1 fully saturated rings. The molecular weight excluding hydrogens is 252 g/mol. The third-order valence-electron chi connectivity index (χ3n) is 3.31. The first kappa shape index (κ1) is 13.5. The van der Waals surface area contributed by atoms with Gasteiger partial charge in [-0.15, -0.1) is 0 Å². The minimum atomic E-state index is 0.710. The Balaban J connectivity index is 1.94. The predicted octanol–water partition coefficient (Wildman–Crippen LogP) is 4.54. The molecule has 15 heavy (non-hydrogen) atoms. The number of ether oxygens (including phenoxy) is 1. The molecule has 0 radical (unpaired) electrons. The van der Waals surface area contributed by atoms with Crippen molar-refractivity contribution in [1.82, 2.24) is 0 Å². The summed E-state index contributed by atoms with van der Waals surface area (Å²) in [4.78, 5) is 0.710. The Morgan fingerprint density at radius 2 is 1.87 bits per heavy atom. The third-order valence-corrected chi connectivity index (χ3v) is 4.52. The lowest BCUT2D eigenvalue weighted by Crippen LogP contribution is -2.27. The molecule has 0 saturated carbocycles. The minimum absolute atomic E-state index is 0.710. The summed E-state index contributed by atoms with van der Waals surface area (Å²) in [5, 5.41) is 0. The van der Waals surface area contributed by atoms with Gasteiger partial charge in [0.25, 0.3) is 0 Å². The van der Waals surface area contributed by atoms with Crippen molar-refractivity contribution in [3.8, 4) is 0 Å². The van der Waals surface area contributed by atoms with Crippen LogP contribution in [0, 0.1) is 5.92 Å². The first-order chi connectivity index (χ1) is 7.34. The second kappa shape index (κ2) is 8.58. The molecule has 1 nitrogen and oxygen atoms in total. The van der Waals surface area contributed by atoms with Crippen molar-refractivity contribution in [2.75, 3.05) is 13.2 Å². The molecule has 1 aliphatic rings. The number of hydrogen-bond donors (Lipinski definition) is 0. The lowest BCUT2D eigenvalue weighted by Gasteiger charge is -2.27. The smallest absolute Gasteiger partial charge is 0.0504 e. The van der Waals surface area contributed by atoms with Crippen LogP contribution in [0.1, 0.15) is 58.3 Å². The molecule has 0 amide bonds. The summed E-state index contributed by atoms with van der Waals surface area (Å²) >= 11 is 3.77. The SMILES string of the molecule is CCCCCCCCC1COCCC1Br. The predicted molar refractivity (Wildman–Crippen MR) is 69.6 cm³/mol. The van der Waals surface area contributed by atoms with Gasteiger partial charge in [0.05, 0.1) is 6.61 Å². The van der Waals surface area contributed by atoms with Gasteiger partial charge in [-0.05, 0) is 18.8 Å². The molecule has 1 aliphatic heterocycles. The normalized spacial score (nSPS) is 26.8. The Morgan fingerprint density at radius 3 is 2.60 bits per heavy atom. The first-order valence-electron chi connectivity index (χ1n) is 6.56. The Labute approximate surface area is 103 Å². The van der Waals surface area contributed by atoms with Gasteiger partial charge in [-0.25, -0.2) is 0 Å². The summed E-state index contributed by atoms with van der Waals surface area (Å²) in [5.74, 6) is 0.768. The molecular formula is C13H25BrO. The molecule has 1 heterocycles. The summed E-state index contributed by atoms with van der Waals surface area (Å²) in [7, 11) is 0. The number of halogens is 1. The quantitative estimate of drug-likeness (QED) is 0.490. The molecule has 0 N–H and O–H groups in total. The number of unbranched alkanes of at least 4 members (excludes halogenated alkanes) is 5. The zero-order valence-corrected chi connectivity index (χ0v) is 11.6. The average Bonchev–Trinajstić information content (AvgIpc) is 2.25. The van der Waals surface area contributed by atoms with Crippen LogP contribution in [0.25, 0.3) is 0 Å². The van der Waals surface area contributed by atoms with Crippen molar-refractivity contribution in [1.29, 1.82) is 0 Å². The van der Waals surface area contributed by atoms with Gasteiger partial charge in [0.2, 0.25) is 0 Å². The van der Waals surface area contributed by atoms with Crippen LogP contribution in [0.5, 0.6) is 0 Å². The van der Waals surface area contributed by atoms with E-state index in [2.05, 4.69) is 22.9 Å². The molecule has 0 aliphatic carbocycles. The third kappa shape index (κ3) is 5.91. The highest BCUT2D eigenvalue weighted by atomic mass is 79.9. The van der Waals surface area contributed by atoms with Crippen molar-refractivity contribution < 1.29 is 4.74 Å². The van der Waals surface area contributed by atoms with Crippen molar-refractivity contribution in [3.63, 3.8) is 0 Å². The van der Waals surface area contributed by atoms with Gasteiger partial charge >= 0.3 is 0 Å². The lowest BCUT2D eigenvalue weighted by atomic mass is 9.95. The summed E-state index contributed by atoms with van der Waals surface area (Å²) in [6, 6.07) is 0. The largest absolute Gasteiger partial charge is 0.381 e. The summed E-state index contributed by atoms with van der Waals surface area (Å²) in [5.41, 5.74) is 0. The molecule has 0 aromatic heterocycles. The van der Waals surface area contributed by atoms with Gasteiger partial charge in [0.1, 0.15) is 0 Å². The second-order valence-corrected chi connectivity index (χ2v) is 5.87. The lowest BCUT2D eigenvalue weighted by molar-refractivity contribution is 0.0563. The molecule has 0 aromatic rings. The van der Waals surface area contributed by atoms with Crippen LogP contribution < -0.4 is 0 Å². The van der Waals surface area contributed by atoms with Crippen LogP contribution in [0.2, 0.25) is 0 Å². The number of alkyl halides is 1. The van der Waals surface area contributed by atoms with Crippen LogP contribution in [0.15, 0.2) is 0 Å². The molecule has 2 heteroatoms. The Hall–Kier alpha value is 0.440. The van der Waals surface area contributed by atoms with E-state index in [-0.39, 0.29) is 0 Å². The van der Waals surface area contributed by atoms with Crippen molar-refractivity contribution in [2.45, 2.75) is 63.1 Å². The molecule has 0 spiro atoms. The highest BCUT2D eigenvalue weighted by molar-refractivity contribution is 9.09. The maximum atomic E-state index is 5.52. The fraction of sp³-hybridized carbons (Fsp3) is 1.00. The van der Waals surface area contributed by atoms with E-state index in [9.17, 15) is 0 Å². The van der Waals surface area contributed by atoms with E-state index in [0.29, 0.717) is 4.83 Å². The number of hydrogen-bond acceptors (Lipinski definition) is 1. The van der Waals surface area contributed by atoms with Gasteiger partial charge < -0.3 is 4.74 Å². The average molecular weight is 277 g/mol. The van der Waals surface area contributed by atoms with Gasteiger partial charge in [0, 0.05) is 11.4 Å². The fourth-order valence-corrected chi connectivity index (χ4v) is 2.83. The highest BCUT2D eigenvalue weighted by Gasteiger charge is 2.22. The monoisotopic (exact) mass is 276 g/mol. The van der Waals surface area contributed by atoms with E-state index in [4.69, 9.17) is 4.74 Å². The van der Waals surface area contributed by atoms with E-state index in [1.54, 1.807) is 0 Å². The van der Waals surface area contributed by atoms with E-state index in [1.165, 1.54) is 51.4 Å². The second-order valence-electron chi connectivity index (χ2n) is 4.70. The maximum Gasteiger partial charge on any atom is 0.0504 e. The van der Waals surface area contributed by atoms with Crippen LogP contribution in [0.3, 0.4) is 0 Å². The molecule has 0 aromatic carbocycles. The van der Waals surface area contributed by atoms with Crippen molar-refractivity contribution >= 4 is 15.9 Å². The van der Waals surface area contributed by atoms with Crippen LogP contribution in [-0.4, -0.2) is 18.0 Å². The van der Waals surface area contributed by atoms with Crippen molar-refractivity contribution in [2.24, 2.45) is 5.92 Å². The molecule has 90 valence electrons.